The first-order valence-corrected chi connectivity index (χ1v) is 32.5. The van der Waals surface area contributed by atoms with Gasteiger partial charge in [-0.05, 0) is 116 Å². The zero-order valence-corrected chi connectivity index (χ0v) is 51.9. The summed E-state index contributed by atoms with van der Waals surface area (Å²) >= 11 is 0. The first-order chi connectivity index (χ1) is 40.6. The number of rotatable bonds is 54. The van der Waals surface area contributed by atoms with Crippen molar-refractivity contribution >= 4 is 23.9 Å². The number of ether oxygens (including phenoxy) is 5. The van der Waals surface area contributed by atoms with E-state index < -0.39 is 67.3 Å². The summed E-state index contributed by atoms with van der Waals surface area (Å²) in [5.41, 5.74) is 0. The van der Waals surface area contributed by atoms with Crippen LogP contribution in [0.2, 0.25) is 0 Å². The van der Waals surface area contributed by atoms with Gasteiger partial charge in [0.1, 0.15) is 18.8 Å². The van der Waals surface area contributed by atoms with E-state index in [1.165, 1.54) is 77.0 Å². The van der Waals surface area contributed by atoms with Gasteiger partial charge >= 0.3 is 23.9 Å². The SMILES string of the molecule is CC/C=C\C/C=C\C/C=C\C/C=C\C/C=C\CC(=O)OC(COC(=O)CCCCCCCC/C=C\C/C=C\C/C=C\CCCCC)COC1OC(C(=O)O)C(O)C(O)C1OC(=O)CCCCCCCCCCC/C=C\C/C=C\CCCCC. The normalized spacial score (nSPS) is 18.4. The molecule has 12 nitrogen and oxygen atoms in total. The Hall–Kier alpha value is -4.88. The number of hydrogen-bond acceptors (Lipinski definition) is 11. The van der Waals surface area contributed by atoms with Gasteiger partial charge in [0, 0.05) is 12.8 Å². The number of aliphatic hydroxyl groups is 2. The van der Waals surface area contributed by atoms with E-state index in [-0.39, 0.29) is 25.9 Å². The summed E-state index contributed by atoms with van der Waals surface area (Å²) in [6.07, 6.45) is 67.5. The predicted molar refractivity (Wildman–Crippen MR) is 340 cm³/mol. The molecule has 0 radical (unpaired) electrons. The number of carbonyl (C=O) groups is 4. The lowest BCUT2D eigenvalue weighted by atomic mass is 9.98. The number of hydrogen-bond donors (Lipinski definition) is 3. The van der Waals surface area contributed by atoms with E-state index in [2.05, 4.69) is 118 Å². The zero-order chi connectivity index (χ0) is 60.3. The van der Waals surface area contributed by atoms with E-state index in [0.717, 1.165) is 116 Å². The summed E-state index contributed by atoms with van der Waals surface area (Å²) in [4.78, 5) is 51.3. The van der Waals surface area contributed by atoms with Crippen LogP contribution in [0, 0.1) is 0 Å². The van der Waals surface area contributed by atoms with Crippen molar-refractivity contribution in [3.63, 3.8) is 0 Å². The topological polar surface area (TPSA) is 175 Å². The van der Waals surface area contributed by atoms with Gasteiger partial charge in [-0.15, -0.1) is 0 Å². The fraction of sp³-hybridized carbons (Fsp3) is 0.662. The highest BCUT2D eigenvalue weighted by Crippen LogP contribution is 2.26. The van der Waals surface area contributed by atoms with Crippen molar-refractivity contribution in [3.8, 4) is 0 Å². The van der Waals surface area contributed by atoms with Crippen molar-refractivity contribution in [1.29, 1.82) is 0 Å². The van der Waals surface area contributed by atoms with Gasteiger partial charge < -0.3 is 39.0 Å². The monoisotopic (exact) mass is 1160 g/mol. The van der Waals surface area contributed by atoms with Gasteiger partial charge in [-0.3, -0.25) is 14.4 Å². The number of unbranched alkanes of at least 4 members (excludes halogenated alkanes) is 21. The lowest BCUT2D eigenvalue weighted by Gasteiger charge is -2.40. The molecule has 0 bridgehead atoms. The molecule has 1 aliphatic rings. The predicted octanol–water partition coefficient (Wildman–Crippen LogP) is 17.6. The molecule has 0 aromatic carbocycles. The Morgan fingerprint density at radius 1 is 0.422 bits per heavy atom. The highest BCUT2D eigenvalue weighted by Gasteiger charge is 2.50. The number of aliphatic hydroxyl groups excluding tert-OH is 2. The van der Waals surface area contributed by atoms with Gasteiger partial charge in [-0.25, -0.2) is 4.79 Å². The van der Waals surface area contributed by atoms with Gasteiger partial charge in [0.2, 0.25) is 0 Å². The standard InChI is InChI=1S/C71H114O12/c1-4-7-10-13-16-19-22-25-28-30-32-34-37-39-42-45-48-51-54-57-63(72)79-60-62(81-64(73)58-55-52-49-46-43-40-36-27-24-21-18-15-12-9-6-3)61-80-71-69(67(76)66(75)68(83-71)70(77)78)82-65(74)59-56-53-50-47-44-41-38-35-33-31-29-26-23-20-17-14-11-8-5-2/h9,12,16-21,25-29,32,34,36,43,46,52,55,62,66-69,71,75-76H,4-8,10-11,13-15,22-24,30-31,33,35,37-42,44-45,47-51,53-54,56-61H2,1-3H3,(H,77,78)/b12-9-,19-16-,20-17-,21-18-,28-25-,29-26-,34-32-,36-27-,46-43-,55-52-. The molecule has 1 saturated heterocycles. The fourth-order valence-electron chi connectivity index (χ4n) is 9.07. The number of carboxylic acids is 1. The van der Waals surface area contributed by atoms with E-state index >= 15 is 0 Å². The Morgan fingerprint density at radius 3 is 1.22 bits per heavy atom. The number of carbonyl (C=O) groups excluding carboxylic acids is 3. The van der Waals surface area contributed by atoms with Gasteiger partial charge in [-0.1, -0.05) is 239 Å². The lowest BCUT2D eigenvalue weighted by molar-refractivity contribution is -0.301. The van der Waals surface area contributed by atoms with Crippen molar-refractivity contribution < 1.29 is 58.2 Å². The van der Waals surface area contributed by atoms with E-state index in [9.17, 15) is 34.5 Å². The molecular weight excluding hydrogens is 1040 g/mol. The highest BCUT2D eigenvalue weighted by molar-refractivity contribution is 5.74. The molecule has 1 rings (SSSR count). The van der Waals surface area contributed by atoms with E-state index in [4.69, 9.17) is 23.7 Å². The molecule has 0 aromatic rings. The van der Waals surface area contributed by atoms with Crippen molar-refractivity contribution in [3.05, 3.63) is 122 Å². The third-order valence-electron chi connectivity index (χ3n) is 14.0. The van der Waals surface area contributed by atoms with Gasteiger partial charge in [0.15, 0.2) is 24.6 Å². The Bertz CT molecular complexity index is 1900. The van der Waals surface area contributed by atoms with Gasteiger partial charge in [0.25, 0.3) is 0 Å². The van der Waals surface area contributed by atoms with Gasteiger partial charge in [-0.2, -0.15) is 0 Å². The average Bonchev–Trinajstić information content (AvgIpc) is 3.60. The molecule has 0 amide bonds. The molecule has 6 atom stereocenters. The third-order valence-corrected chi connectivity index (χ3v) is 14.0. The number of carboxylic acid groups (broad SMARTS) is 1. The maximum Gasteiger partial charge on any atom is 0.335 e. The number of esters is 3. The maximum atomic E-state index is 13.1. The van der Waals surface area contributed by atoms with Crippen LogP contribution in [0.1, 0.15) is 252 Å². The second kappa shape index (κ2) is 57.5. The van der Waals surface area contributed by atoms with Gasteiger partial charge in [0.05, 0.1) is 13.0 Å². The number of allylic oxidation sites excluding steroid dienone is 19. The third kappa shape index (κ3) is 47.1. The van der Waals surface area contributed by atoms with Crippen molar-refractivity contribution in [2.45, 2.75) is 289 Å². The molecule has 1 fully saturated rings. The molecule has 83 heavy (non-hydrogen) atoms. The molecule has 0 spiro atoms. The molecule has 1 aliphatic heterocycles. The smallest absolute Gasteiger partial charge is 0.335 e. The maximum absolute atomic E-state index is 13.1. The summed E-state index contributed by atoms with van der Waals surface area (Å²) in [7, 11) is 0. The van der Waals surface area contributed by atoms with Crippen molar-refractivity contribution in [2.75, 3.05) is 13.2 Å². The van der Waals surface area contributed by atoms with Crippen LogP contribution in [0.3, 0.4) is 0 Å². The average molecular weight is 1160 g/mol. The van der Waals surface area contributed by atoms with E-state index in [1.54, 1.807) is 6.08 Å². The minimum Gasteiger partial charge on any atom is -0.479 e. The molecule has 0 aromatic heterocycles. The highest BCUT2D eigenvalue weighted by atomic mass is 16.7. The Labute approximate surface area is 503 Å². The second-order valence-corrected chi connectivity index (χ2v) is 21.7. The molecule has 0 aliphatic carbocycles. The second-order valence-electron chi connectivity index (χ2n) is 21.7. The number of aliphatic carboxylic acids is 1. The fourth-order valence-corrected chi connectivity index (χ4v) is 9.07. The molecule has 470 valence electrons. The Morgan fingerprint density at radius 2 is 0.795 bits per heavy atom. The van der Waals surface area contributed by atoms with Crippen LogP contribution in [0.4, 0.5) is 0 Å². The van der Waals surface area contributed by atoms with Crippen LogP contribution in [0.25, 0.3) is 0 Å². The molecular formula is C71H114O12. The van der Waals surface area contributed by atoms with Crippen LogP contribution < -0.4 is 0 Å². The van der Waals surface area contributed by atoms with E-state index in [1.807, 2.05) is 18.2 Å². The molecule has 3 N–H and O–H groups in total. The van der Waals surface area contributed by atoms with Crippen LogP contribution in [0.15, 0.2) is 122 Å². The lowest BCUT2D eigenvalue weighted by Crippen LogP contribution is -2.61. The molecule has 0 saturated carbocycles. The first-order valence-electron chi connectivity index (χ1n) is 32.5. The van der Waals surface area contributed by atoms with Crippen molar-refractivity contribution in [1.82, 2.24) is 0 Å². The summed E-state index contributed by atoms with van der Waals surface area (Å²) in [5.74, 6) is -3.32. The minimum atomic E-state index is -1.93. The summed E-state index contributed by atoms with van der Waals surface area (Å²) in [6.45, 7) is 5.74. The van der Waals surface area contributed by atoms with Crippen molar-refractivity contribution in [2.24, 2.45) is 0 Å². The van der Waals surface area contributed by atoms with E-state index in [0.29, 0.717) is 19.3 Å². The first kappa shape index (κ1) is 76.1. The van der Waals surface area contributed by atoms with Crippen LogP contribution >= 0.6 is 0 Å². The Balaban J connectivity index is 2.71. The summed E-state index contributed by atoms with van der Waals surface area (Å²) in [5, 5.41) is 31.6. The zero-order valence-electron chi connectivity index (χ0n) is 51.9. The van der Waals surface area contributed by atoms with Crippen LogP contribution in [-0.2, 0) is 42.9 Å². The molecule has 6 unspecified atom stereocenters. The summed E-state index contributed by atoms with van der Waals surface area (Å²) < 4.78 is 28.4. The minimum absolute atomic E-state index is 0.0381. The quantitative estimate of drug-likeness (QED) is 0.0228. The Kier molecular flexibility index (Phi) is 52.8. The van der Waals surface area contributed by atoms with Crippen LogP contribution in [0.5, 0.6) is 0 Å². The van der Waals surface area contributed by atoms with Crippen LogP contribution in [-0.4, -0.2) is 89.2 Å². The summed E-state index contributed by atoms with van der Waals surface area (Å²) in [6, 6.07) is 0. The molecule has 12 heteroatoms. The molecule has 1 heterocycles. The largest absolute Gasteiger partial charge is 0.479 e.